The van der Waals surface area contributed by atoms with E-state index in [1.54, 1.807) is 7.11 Å². The fourth-order valence-electron chi connectivity index (χ4n) is 4.95. The zero-order valence-corrected chi connectivity index (χ0v) is 15.1. The van der Waals surface area contributed by atoms with Gasteiger partial charge in [-0.25, -0.2) is 0 Å². The van der Waals surface area contributed by atoms with Gasteiger partial charge in [0.25, 0.3) is 0 Å². The molecule has 132 valence electrons. The molecule has 0 aromatic heterocycles. The zero-order valence-electron chi connectivity index (χ0n) is 14.2. The zero-order chi connectivity index (χ0) is 16.0. The standard InChI is InChI=1S/C19H26N2O2.ClH/c1-23-16-5-6-17-12(11-16)7-8-21(17)19(22)15-9-13-3-2-4-14(10-15)18(13)20;/h5-6,11,13-15,18H,2-4,7-10,20H2,1H3;1H. The number of methoxy groups -OCH3 is 1. The molecule has 3 aliphatic rings. The van der Waals surface area contributed by atoms with Crippen molar-refractivity contribution in [3.05, 3.63) is 23.8 Å². The number of carbonyl (C=O) groups excluding carboxylic acids is 1. The van der Waals surface area contributed by atoms with Crippen LogP contribution in [0.25, 0.3) is 0 Å². The molecule has 2 N–H and O–H groups in total. The summed E-state index contributed by atoms with van der Waals surface area (Å²) in [5.41, 5.74) is 8.68. The lowest BCUT2D eigenvalue weighted by molar-refractivity contribution is -0.125. The van der Waals surface area contributed by atoms with E-state index in [9.17, 15) is 4.79 Å². The highest BCUT2D eigenvalue weighted by atomic mass is 35.5. The molecule has 2 atom stereocenters. The molecule has 24 heavy (non-hydrogen) atoms. The minimum Gasteiger partial charge on any atom is -0.497 e. The summed E-state index contributed by atoms with van der Waals surface area (Å²) in [5, 5.41) is 0. The number of fused-ring (bicyclic) bond motifs is 3. The lowest BCUT2D eigenvalue weighted by Crippen LogP contribution is -2.49. The number of halogens is 1. The van der Waals surface area contributed by atoms with Crippen LogP contribution in [0.3, 0.4) is 0 Å². The summed E-state index contributed by atoms with van der Waals surface area (Å²) in [6.07, 6.45) is 6.59. The van der Waals surface area contributed by atoms with Gasteiger partial charge in [0.2, 0.25) is 5.91 Å². The van der Waals surface area contributed by atoms with E-state index in [1.807, 2.05) is 17.0 Å². The number of nitrogens with zero attached hydrogens (tertiary/aromatic N) is 1. The van der Waals surface area contributed by atoms with Gasteiger partial charge in [-0.2, -0.15) is 0 Å². The van der Waals surface area contributed by atoms with Crippen molar-refractivity contribution in [3.63, 3.8) is 0 Å². The molecule has 2 aliphatic carbocycles. The van der Waals surface area contributed by atoms with Gasteiger partial charge in [-0.15, -0.1) is 12.4 Å². The highest BCUT2D eigenvalue weighted by Gasteiger charge is 2.42. The molecule has 1 heterocycles. The van der Waals surface area contributed by atoms with Crippen LogP contribution in [0, 0.1) is 17.8 Å². The molecule has 1 aromatic carbocycles. The molecule has 0 spiro atoms. The Bertz CT molecular complexity index is 607. The quantitative estimate of drug-likeness (QED) is 0.891. The molecular formula is C19H27ClN2O2. The molecule has 5 heteroatoms. The van der Waals surface area contributed by atoms with Gasteiger partial charge in [-0.3, -0.25) is 4.79 Å². The van der Waals surface area contributed by atoms with Crippen molar-refractivity contribution in [1.82, 2.24) is 0 Å². The molecule has 1 aromatic rings. The molecule has 1 aliphatic heterocycles. The largest absolute Gasteiger partial charge is 0.497 e. The molecule has 2 saturated carbocycles. The van der Waals surface area contributed by atoms with Crippen molar-refractivity contribution < 1.29 is 9.53 Å². The van der Waals surface area contributed by atoms with Crippen molar-refractivity contribution in [1.29, 1.82) is 0 Å². The number of nitrogens with two attached hydrogens (primary N) is 1. The summed E-state index contributed by atoms with van der Waals surface area (Å²) in [5.74, 6) is 2.45. The normalized spacial score (nSPS) is 31.2. The maximum atomic E-state index is 13.1. The molecule has 2 fully saturated rings. The third-order valence-electron chi connectivity index (χ3n) is 6.21. The van der Waals surface area contributed by atoms with E-state index in [2.05, 4.69) is 6.07 Å². The first-order chi connectivity index (χ1) is 11.2. The fourth-order valence-corrected chi connectivity index (χ4v) is 4.95. The fraction of sp³-hybridized carbons (Fsp3) is 0.632. The number of rotatable bonds is 2. The van der Waals surface area contributed by atoms with Crippen LogP contribution < -0.4 is 15.4 Å². The van der Waals surface area contributed by atoms with Gasteiger partial charge in [0.1, 0.15) is 5.75 Å². The SMILES string of the molecule is COc1ccc2c(c1)CCN2C(=O)C1CC2CCCC(C1)C2N.Cl. The Morgan fingerprint density at radius 1 is 1.25 bits per heavy atom. The van der Waals surface area contributed by atoms with Crippen LogP contribution in [0.4, 0.5) is 5.69 Å². The van der Waals surface area contributed by atoms with Gasteiger partial charge < -0.3 is 15.4 Å². The number of amides is 1. The molecule has 2 unspecified atom stereocenters. The van der Waals surface area contributed by atoms with E-state index in [1.165, 1.54) is 24.8 Å². The topological polar surface area (TPSA) is 55.6 Å². The molecular weight excluding hydrogens is 324 g/mol. The highest BCUT2D eigenvalue weighted by molar-refractivity contribution is 5.97. The lowest BCUT2D eigenvalue weighted by atomic mass is 9.65. The van der Waals surface area contributed by atoms with Gasteiger partial charge in [0.15, 0.2) is 0 Å². The van der Waals surface area contributed by atoms with Gasteiger partial charge in [-0.1, -0.05) is 6.42 Å². The van der Waals surface area contributed by atoms with Gasteiger partial charge in [0.05, 0.1) is 7.11 Å². The monoisotopic (exact) mass is 350 g/mol. The van der Waals surface area contributed by atoms with Gasteiger partial charge in [-0.05, 0) is 67.7 Å². The molecule has 0 radical (unpaired) electrons. The van der Waals surface area contributed by atoms with Crippen molar-refractivity contribution >= 4 is 24.0 Å². The number of hydrogen-bond acceptors (Lipinski definition) is 3. The van der Waals surface area contributed by atoms with Crippen LogP contribution in [-0.4, -0.2) is 25.6 Å². The van der Waals surface area contributed by atoms with Crippen LogP contribution in [0.1, 0.15) is 37.7 Å². The third-order valence-corrected chi connectivity index (χ3v) is 6.21. The minimum absolute atomic E-state index is 0. The van der Waals surface area contributed by atoms with E-state index in [-0.39, 0.29) is 18.3 Å². The summed E-state index contributed by atoms with van der Waals surface area (Å²) in [6.45, 7) is 0.805. The average Bonchev–Trinajstić information content (AvgIpc) is 2.96. The Morgan fingerprint density at radius 2 is 1.96 bits per heavy atom. The Hall–Kier alpha value is -1.26. The van der Waals surface area contributed by atoms with Crippen LogP contribution in [0.5, 0.6) is 5.75 Å². The van der Waals surface area contributed by atoms with Crippen molar-refractivity contribution in [3.8, 4) is 5.75 Å². The first-order valence-electron chi connectivity index (χ1n) is 8.91. The average molecular weight is 351 g/mol. The van der Waals surface area contributed by atoms with Crippen LogP contribution in [0.2, 0.25) is 0 Å². The number of ether oxygens (including phenoxy) is 1. The van der Waals surface area contributed by atoms with Crippen molar-refractivity contribution in [2.24, 2.45) is 23.5 Å². The first-order valence-corrected chi connectivity index (χ1v) is 8.91. The maximum absolute atomic E-state index is 13.1. The summed E-state index contributed by atoms with van der Waals surface area (Å²) < 4.78 is 5.30. The van der Waals surface area contributed by atoms with Crippen LogP contribution >= 0.6 is 12.4 Å². The number of carbonyl (C=O) groups is 1. The molecule has 4 nitrogen and oxygen atoms in total. The Balaban J connectivity index is 0.00000169. The second-order valence-corrected chi connectivity index (χ2v) is 7.43. The Kier molecular flexibility index (Phi) is 5.07. The predicted octanol–water partition coefficient (Wildman–Crippen LogP) is 3.16. The molecule has 2 bridgehead atoms. The van der Waals surface area contributed by atoms with E-state index in [0.717, 1.165) is 37.2 Å². The van der Waals surface area contributed by atoms with Gasteiger partial charge in [0, 0.05) is 24.2 Å². The predicted molar refractivity (Wildman–Crippen MR) is 97.8 cm³/mol. The maximum Gasteiger partial charge on any atom is 0.230 e. The van der Waals surface area contributed by atoms with Gasteiger partial charge >= 0.3 is 0 Å². The summed E-state index contributed by atoms with van der Waals surface area (Å²) in [7, 11) is 1.68. The molecule has 0 saturated heterocycles. The first kappa shape index (κ1) is 17.6. The summed E-state index contributed by atoms with van der Waals surface area (Å²) in [4.78, 5) is 15.1. The van der Waals surface area contributed by atoms with E-state index < -0.39 is 0 Å². The minimum atomic E-state index is 0. The van der Waals surface area contributed by atoms with Crippen molar-refractivity contribution in [2.75, 3.05) is 18.6 Å². The second kappa shape index (κ2) is 6.93. The highest BCUT2D eigenvalue weighted by Crippen LogP contribution is 2.43. The summed E-state index contributed by atoms with van der Waals surface area (Å²) >= 11 is 0. The third kappa shape index (κ3) is 2.91. The second-order valence-electron chi connectivity index (χ2n) is 7.43. The number of anilines is 1. The lowest BCUT2D eigenvalue weighted by Gasteiger charge is -2.44. The van der Waals surface area contributed by atoms with E-state index >= 15 is 0 Å². The van der Waals surface area contributed by atoms with E-state index in [4.69, 9.17) is 10.5 Å². The number of hydrogen-bond donors (Lipinski definition) is 1. The number of benzene rings is 1. The molecule has 4 rings (SSSR count). The van der Waals surface area contributed by atoms with Crippen LogP contribution in [0.15, 0.2) is 18.2 Å². The van der Waals surface area contributed by atoms with E-state index in [0.29, 0.717) is 23.8 Å². The molecule has 1 amide bonds. The summed E-state index contributed by atoms with van der Waals surface area (Å²) in [6, 6.07) is 6.38. The Labute approximate surface area is 150 Å². The Morgan fingerprint density at radius 3 is 2.62 bits per heavy atom. The smallest absolute Gasteiger partial charge is 0.230 e. The van der Waals surface area contributed by atoms with Crippen molar-refractivity contribution in [2.45, 2.75) is 44.6 Å². The van der Waals surface area contributed by atoms with Crippen LogP contribution in [-0.2, 0) is 11.2 Å².